The smallest absolute Gasteiger partial charge is 0.222 e. The molecule has 122 valence electrons. The fourth-order valence-corrected chi connectivity index (χ4v) is 2.50. The summed E-state index contributed by atoms with van der Waals surface area (Å²) in [6.07, 6.45) is 1.24. The first-order valence-corrected chi connectivity index (χ1v) is 8.04. The van der Waals surface area contributed by atoms with E-state index in [1.54, 1.807) is 4.90 Å². The van der Waals surface area contributed by atoms with Gasteiger partial charge >= 0.3 is 0 Å². The van der Waals surface area contributed by atoms with Crippen molar-refractivity contribution in [2.24, 2.45) is 0 Å². The van der Waals surface area contributed by atoms with E-state index in [1.807, 2.05) is 56.4 Å². The predicted octanol–water partition coefficient (Wildman–Crippen LogP) is 4.12. The molecule has 2 rings (SSSR count). The summed E-state index contributed by atoms with van der Waals surface area (Å²) in [6.45, 7) is 5.32. The van der Waals surface area contributed by atoms with Crippen LogP contribution in [0.4, 0.5) is 0 Å². The minimum atomic E-state index is 0.151. The van der Waals surface area contributed by atoms with Gasteiger partial charge in [0.1, 0.15) is 5.75 Å². The van der Waals surface area contributed by atoms with Crippen molar-refractivity contribution in [3.8, 4) is 5.75 Å². The third-order valence-electron chi connectivity index (χ3n) is 3.81. The molecule has 1 amide bonds. The first-order valence-electron chi connectivity index (χ1n) is 8.04. The van der Waals surface area contributed by atoms with Crippen LogP contribution in [0.2, 0.25) is 0 Å². The van der Waals surface area contributed by atoms with Gasteiger partial charge in [-0.1, -0.05) is 48.0 Å². The minimum absolute atomic E-state index is 0.151. The van der Waals surface area contributed by atoms with Crippen molar-refractivity contribution in [3.05, 3.63) is 65.2 Å². The molecule has 0 spiro atoms. The number of carbonyl (C=O) groups is 1. The molecule has 2 aromatic carbocycles. The van der Waals surface area contributed by atoms with Gasteiger partial charge in [0.2, 0.25) is 5.91 Å². The number of rotatable bonds is 7. The molecule has 0 aliphatic carbocycles. The van der Waals surface area contributed by atoms with Crippen LogP contribution in [-0.2, 0) is 11.3 Å². The lowest BCUT2D eigenvalue weighted by Crippen LogP contribution is -2.26. The number of carbonyl (C=O) groups excluding carboxylic acids is 1. The summed E-state index contributed by atoms with van der Waals surface area (Å²) in [7, 11) is 1.85. The highest BCUT2D eigenvalue weighted by atomic mass is 16.5. The number of benzene rings is 2. The minimum Gasteiger partial charge on any atom is -0.493 e. The third kappa shape index (κ3) is 5.44. The molecular weight excluding hydrogens is 286 g/mol. The summed E-state index contributed by atoms with van der Waals surface area (Å²) < 4.78 is 5.77. The van der Waals surface area contributed by atoms with Crippen molar-refractivity contribution in [3.63, 3.8) is 0 Å². The first-order chi connectivity index (χ1) is 11.1. The molecule has 0 saturated carbocycles. The third-order valence-corrected chi connectivity index (χ3v) is 3.81. The standard InChI is InChI=1S/C20H25NO2/c1-16-11-12-19(17(2)14-16)23-13-7-10-20(22)21(3)15-18-8-5-4-6-9-18/h4-6,8-9,11-12,14H,7,10,13,15H2,1-3H3. The SMILES string of the molecule is Cc1ccc(OCCCC(=O)N(C)Cc2ccccc2)c(C)c1. The monoisotopic (exact) mass is 311 g/mol. The summed E-state index contributed by atoms with van der Waals surface area (Å²) in [5.74, 6) is 1.05. The molecule has 0 bridgehead atoms. The molecule has 0 radical (unpaired) electrons. The van der Waals surface area contributed by atoms with E-state index in [9.17, 15) is 4.79 Å². The second-order valence-corrected chi connectivity index (χ2v) is 5.96. The first kappa shape index (κ1) is 17.1. The Hall–Kier alpha value is -2.29. The number of nitrogens with zero attached hydrogens (tertiary/aromatic N) is 1. The molecule has 0 saturated heterocycles. The van der Waals surface area contributed by atoms with Crippen molar-refractivity contribution in [2.75, 3.05) is 13.7 Å². The summed E-state index contributed by atoms with van der Waals surface area (Å²) in [5, 5.41) is 0. The maximum atomic E-state index is 12.1. The summed E-state index contributed by atoms with van der Waals surface area (Å²) in [6, 6.07) is 16.2. The van der Waals surface area contributed by atoms with E-state index in [4.69, 9.17) is 4.74 Å². The van der Waals surface area contributed by atoms with Crippen LogP contribution in [0.15, 0.2) is 48.5 Å². The Morgan fingerprint density at radius 1 is 1.09 bits per heavy atom. The molecule has 23 heavy (non-hydrogen) atoms. The van der Waals surface area contributed by atoms with Gasteiger partial charge in [0.25, 0.3) is 0 Å². The van der Waals surface area contributed by atoms with Crippen LogP contribution in [0, 0.1) is 13.8 Å². The summed E-state index contributed by atoms with van der Waals surface area (Å²) >= 11 is 0. The van der Waals surface area contributed by atoms with Gasteiger partial charge in [-0.05, 0) is 37.5 Å². The fraction of sp³-hybridized carbons (Fsp3) is 0.350. The molecule has 0 aliphatic rings. The quantitative estimate of drug-likeness (QED) is 0.720. The van der Waals surface area contributed by atoms with Crippen LogP contribution in [0.3, 0.4) is 0 Å². The van der Waals surface area contributed by atoms with Crippen LogP contribution < -0.4 is 4.74 Å². The molecule has 0 aromatic heterocycles. The Labute approximate surface area is 138 Å². The van der Waals surface area contributed by atoms with Gasteiger partial charge in [0, 0.05) is 20.0 Å². The van der Waals surface area contributed by atoms with Gasteiger partial charge in [-0.2, -0.15) is 0 Å². The zero-order valence-electron chi connectivity index (χ0n) is 14.2. The number of amides is 1. The second-order valence-electron chi connectivity index (χ2n) is 5.96. The van der Waals surface area contributed by atoms with Crippen LogP contribution in [0.1, 0.15) is 29.5 Å². The van der Waals surface area contributed by atoms with E-state index in [2.05, 4.69) is 13.0 Å². The highest BCUT2D eigenvalue weighted by Crippen LogP contribution is 2.19. The van der Waals surface area contributed by atoms with Crippen molar-refractivity contribution >= 4 is 5.91 Å². The zero-order chi connectivity index (χ0) is 16.7. The summed E-state index contributed by atoms with van der Waals surface area (Å²) in [5.41, 5.74) is 3.51. The lowest BCUT2D eigenvalue weighted by atomic mass is 10.1. The average Bonchev–Trinajstić information content (AvgIpc) is 2.54. The van der Waals surface area contributed by atoms with Crippen molar-refractivity contribution in [2.45, 2.75) is 33.2 Å². The van der Waals surface area contributed by atoms with E-state index in [0.717, 1.165) is 23.3 Å². The predicted molar refractivity (Wildman–Crippen MR) is 93.6 cm³/mol. The molecule has 0 atom stereocenters. The van der Waals surface area contributed by atoms with Gasteiger partial charge in [0.15, 0.2) is 0 Å². The lowest BCUT2D eigenvalue weighted by molar-refractivity contribution is -0.130. The number of ether oxygens (including phenoxy) is 1. The zero-order valence-corrected chi connectivity index (χ0v) is 14.2. The van der Waals surface area contributed by atoms with Gasteiger partial charge in [0.05, 0.1) is 6.61 Å². The highest BCUT2D eigenvalue weighted by molar-refractivity contribution is 5.75. The molecular formula is C20H25NO2. The maximum Gasteiger partial charge on any atom is 0.222 e. The van der Waals surface area contributed by atoms with Crippen molar-refractivity contribution in [1.29, 1.82) is 0 Å². The van der Waals surface area contributed by atoms with Gasteiger partial charge in [-0.3, -0.25) is 4.79 Å². The van der Waals surface area contributed by atoms with E-state index in [0.29, 0.717) is 19.6 Å². The van der Waals surface area contributed by atoms with Gasteiger partial charge in [-0.25, -0.2) is 0 Å². The number of hydrogen-bond donors (Lipinski definition) is 0. The Kier molecular flexibility index (Phi) is 6.21. The Morgan fingerprint density at radius 2 is 1.83 bits per heavy atom. The fourth-order valence-electron chi connectivity index (χ4n) is 2.50. The molecule has 0 aliphatic heterocycles. The largest absolute Gasteiger partial charge is 0.493 e. The van der Waals surface area contributed by atoms with E-state index >= 15 is 0 Å². The van der Waals surface area contributed by atoms with Gasteiger partial charge < -0.3 is 9.64 Å². The normalized spacial score (nSPS) is 10.4. The molecule has 0 heterocycles. The molecule has 2 aromatic rings. The topological polar surface area (TPSA) is 29.5 Å². The average molecular weight is 311 g/mol. The van der Waals surface area contributed by atoms with E-state index in [-0.39, 0.29) is 5.91 Å². The number of aryl methyl sites for hydroxylation is 2. The highest BCUT2D eigenvalue weighted by Gasteiger charge is 2.09. The van der Waals surface area contributed by atoms with E-state index < -0.39 is 0 Å². The Bertz CT molecular complexity index is 637. The summed E-state index contributed by atoms with van der Waals surface area (Å²) in [4.78, 5) is 13.9. The molecule has 0 N–H and O–H groups in total. The van der Waals surface area contributed by atoms with Crippen molar-refractivity contribution < 1.29 is 9.53 Å². The van der Waals surface area contributed by atoms with Crippen LogP contribution in [0.5, 0.6) is 5.75 Å². The Morgan fingerprint density at radius 3 is 2.52 bits per heavy atom. The van der Waals surface area contributed by atoms with Crippen molar-refractivity contribution in [1.82, 2.24) is 4.90 Å². The van der Waals surface area contributed by atoms with Gasteiger partial charge in [-0.15, -0.1) is 0 Å². The lowest BCUT2D eigenvalue weighted by Gasteiger charge is -2.17. The molecule has 3 heteroatoms. The number of hydrogen-bond acceptors (Lipinski definition) is 2. The molecule has 0 fully saturated rings. The maximum absolute atomic E-state index is 12.1. The Balaban J connectivity index is 1.72. The van der Waals surface area contributed by atoms with Crippen LogP contribution in [-0.4, -0.2) is 24.5 Å². The van der Waals surface area contributed by atoms with Crippen LogP contribution in [0.25, 0.3) is 0 Å². The molecule has 3 nitrogen and oxygen atoms in total. The van der Waals surface area contributed by atoms with E-state index in [1.165, 1.54) is 5.56 Å². The second kappa shape index (κ2) is 8.37. The molecule has 0 unspecified atom stereocenters. The van der Waals surface area contributed by atoms with Crippen LogP contribution >= 0.6 is 0 Å².